The third-order valence-corrected chi connectivity index (χ3v) is 6.05. The van der Waals surface area contributed by atoms with Crippen LogP contribution in [0.15, 0.2) is 48.0 Å². The van der Waals surface area contributed by atoms with Crippen LogP contribution in [0.3, 0.4) is 0 Å². The molecule has 3 aromatic rings. The van der Waals surface area contributed by atoms with Gasteiger partial charge in [-0.05, 0) is 35.9 Å². The van der Waals surface area contributed by atoms with Crippen molar-refractivity contribution in [3.63, 3.8) is 0 Å². The second-order valence-corrected chi connectivity index (χ2v) is 8.04. The zero-order valence-electron chi connectivity index (χ0n) is 15.1. The normalized spacial score (nSPS) is 17.2. The lowest BCUT2D eigenvalue weighted by Gasteiger charge is -2.32. The molecule has 1 atom stereocenters. The highest BCUT2D eigenvalue weighted by Gasteiger charge is 2.28. The van der Waals surface area contributed by atoms with Gasteiger partial charge in [0.15, 0.2) is 0 Å². The van der Waals surface area contributed by atoms with Crippen LogP contribution in [0.4, 0.5) is 0 Å². The Bertz CT molecular complexity index is 932. The first-order valence-corrected chi connectivity index (χ1v) is 10.2. The number of rotatable bonds is 5. The van der Waals surface area contributed by atoms with E-state index in [9.17, 15) is 9.59 Å². The van der Waals surface area contributed by atoms with Crippen molar-refractivity contribution >= 4 is 34.1 Å². The van der Waals surface area contributed by atoms with Crippen molar-refractivity contribution in [2.24, 2.45) is 5.92 Å². The number of hydrogen-bond donors (Lipinski definition) is 2. The second kappa shape index (κ2) is 7.96. The van der Waals surface area contributed by atoms with Gasteiger partial charge >= 0.3 is 0 Å². The predicted molar refractivity (Wildman–Crippen MR) is 107 cm³/mol. The van der Waals surface area contributed by atoms with Gasteiger partial charge < -0.3 is 15.2 Å². The molecular formula is C21H23N3O2S. The number of piperidine rings is 1. The number of nitrogens with zero attached hydrogens (tertiary/aromatic N) is 1. The van der Waals surface area contributed by atoms with Crippen molar-refractivity contribution in [1.29, 1.82) is 0 Å². The number of nitrogens with one attached hydrogen (secondary N) is 2. The van der Waals surface area contributed by atoms with Crippen molar-refractivity contribution in [3.8, 4) is 0 Å². The average Bonchev–Trinajstić information content (AvgIpc) is 3.36. The van der Waals surface area contributed by atoms with Gasteiger partial charge in [0.25, 0.3) is 0 Å². The summed E-state index contributed by atoms with van der Waals surface area (Å²) in [5, 5.41) is 6.11. The topological polar surface area (TPSA) is 65.2 Å². The predicted octanol–water partition coefficient (Wildman–Crippen LogP) is 3.33. The number of H-pyrrole nitrogens is 1. The fourth-order valence-electron chi connectivity index (χ4n) is 3.70. The Morgan fingerprint density at radius 3 is 2.96 bits per heavy atom. The van der Waals surface area contributed by atoms with Gasteiger partial charge in [-0.25, -0.2) is 0 Å². The number of amides is 2. The van der Waals surface area contributed by atoms with Crippen molar-refractivity contribution in [1.82, 2.24) is 15.2 Å². The number of thiophene rings is 1. The van der Waals surface area contributed by atoms with Crippen molar-refractivity contribution in [3.05, 3.63) is 58.4 Å². The van der Waals surface area contributed by atoms with E-state index in [1.165, 1.54) is 0 Å². The van der Waals surface area contributed by atoms with Crippen LogP contribution in [0.25, 0.3) is 10.9 Å². The van der Waals surface area contributed by atoms with E-state index in [2.05, 4.69) is 10.3 Å². The molecule has 0 radical (unpaired) electrons. The Hall–Kier alpha value is -2.60. The van der Waals surface area contributed by atoms with Crippen molar-refractivity contribution in [2.45, 2.75) is 25.8 Å². The van der Waals surface area contributed by atoms with Crippen LogP contribution in [0.1, 0.15) is 23.3 Å². The van der Waals surface area contributed by atoms with Crippen LogP contribution in [0.5, 0.6) is 0 Å². The lowest BCUT2D eigenvalue weighted by atomic mass is 9.96. The molecular weight excluding hydrogens is 358 g/mol. The maximum Gasteiger partial charge on any atom is 0.227 e. The number of aromatic nitrogens is 1. The molecule has 1 saturated heterocycles. The molecule has 2 amide bonds. The number of para-hydroxylation sites is 1. The molecule has 1 fully saturated rings. The van der Waals surface area contributed by atoms with Gasteiger partial charge in [0.1, 0.15) is 0 Å². The van der Waals surface area contributed by atoms with E-state index >= 15 is 0 Å². The summed E-state index contributed by atoms with van der Waals surface area (Å²) < 4.78 is 0. The summed E-state index contributed by atoms with van der Waals surface area (Å²) in [5.41, 5.74) is 2.06. The molecule has 4 rings (SSSR count). The van der Waals surface area contributed by atoms with E-state index in [0.29, 0.717) is 19.5 Å². The fraction of sp³-hybridized carbons (Fsp3) is 0.333. The van der Waals surface area contributed by atoms with Gasteiger partial charge in [-0.15, -0.1) is 11.3 Å². The number of aromatic amines is 1. The van der Waals surface area contributed by atoms with Crippen LogP contribution in [-0.4, -0.2) is 34.8 Å². The number of hydrogen-bond acceptors (Lipinski definition) is 3. The van der Waals surface area contributed by atoms with E-state index in [1.54, 1.807) is 11.3 Å². The molecule has 27 heavy (non-hydrogen) atoms. The van der Waals surface area contributed by atoms with E-state index in [4.69, 9.17) is 0 Å². The Morgan fingerprint density at radius 1 is 1.22 bits per heavy atom. The monoisotopic (exact) mass is 381 g/mol. The Balaban J connectivity index is 1.35. The number of carbonyl (C=O) groups is 2. The van der Waals surface area contributed by atoms with E-state index in [0.717, 1.165) is 40.7 Å². The van der Waals surface area contributed by atoms with E-state index in [1.807, 2.05) is 52.9 Å². The highest BCUT2D eigenvalue weighted by molar-refractivity contribution is 7.09. The highest BCUT2D eigenvalue weighted by atomic mass is 32.1. The van der Waals surface area contributed by atoms with E-state index in [-0.39, 0.29) is 17.7 Å². The molecule has 0 unspecified atom stereocenters. The fourth-order valence-corrected chi connectivity index (χ4v) is 4.35. The molecule has 1 aliphatic heterocycles. The maximum absolute atomic E-state index is 12.8. The first kappa shape index (κ1) is 17.8. The molecule has 2 N–H and O–H groups in total. The minimum atomic E-state index is -0.120. The van der Waals surface area contributed by atoms with Gasteiger partial charge in [-0.3, -0.25) is 9.59 Å². The van der Waals surface area contributed by atoms with Crippen LogP contribution in [0, 0.1) is 5.92 Å². The van der Waals surface area contributed by atoms with Gasteiger partial charge in [0, 0.05) is 35.1 Å². The third kappa shape index (κ3) is 4.06. The Kier molecular flexibility index (Phi) is 5.25. The van der Waals surface area contributed by atoms with Gasteiger partial charge in [-0.2, -0.15) is 0 Å². The number of carbonyl (C=O) groups excluding carboxylic acids is 2. The Labute approximate surface area is 162 Å². The zero-order valence-corrected chi connectivity index (χ0v) is 15.9. The largest absolute Gasteiger partial charge is 0.361 e. The lowest BCUT2D eigenvalue weighted by Crippen LogP contribution is -2.45. The van der Waals surface area contributed by atoms with Crippen LogP contribution >= 0.6 is 11.3 Å². The molecule has 3 heterocycles. The van der Waals surface area contributed by atoms with Crippen molar-refractivity contribution < 1.29 is 9.59 Å². The average molecular weight is 382 g/mol. The maximum atomic E-state index is 12.8. The number of likely N-dealkylation sites (tertiary alicyclic amines) is 1. The first-order chi connectivity index (χ1) is 13.2. The Morgan fingerprint density at radius 2 is 2.11 bits per heavy atom. The zero-order chi connectivity index (χ0) is 18.6. The van der Waals surface area contributed by atoms with Crippen LogP contribution < -0.4 is 5.32 Å². The summed E-state index contributed by atoms with van der Waals surface area (Å²) in [7, 11) is 0. The van der Waals surface area contributed by atoms with Gasteiger partial charge in [-0.1, -0.05) is 24.3 Å². The molecule has 1 aromatic carbocycles. The smallest absolute Gasteiger partial charge is 0.227 e. The molecule has 0 saturated carbocycles. The molecule has 0 aliphatic carbocycles. The molecule has 5 nitrogen and oxygen atoms in total. The van der Waals surface area contributed by atoms with Crippen LogP contribution in [-0.2, 0) is 22.6 Å². The van der Waals surface area contributed by atoms with Crippen LogP contribution in [0.2, 0.25) is 0 Å². The summed E-state index contributed by atoms with van der Waals surface area (Å²) in [6.45, 7) is 1.81. The standard InChI is InChI=1S/C21H23N3O2S/c25-20(11-16-12-22-19-8-2-1-7-18(16)19)24-9-3-5-15(14-24)21(26)23-13-17-6-4-10-27-17/h1-2,4,6-8,10,12,15,22H,3,5,9,11,13-14H2,(H,23,26)/t15-/m1/s1. The molecule has 1 aliphatic rings. The molecule has 0 bridgehead atoms. The lowest BCUT2D eigenvalue weighted by molar-refractivity contribution is -0.135. The summed E-state index contributed by atoms with van der Waals surface area (Å²) in [6.07, 6.45) is 4.00. The first-order valence-electron chi connectivity index (χ1n) is 9.33. The number of benzene rings is 1. The molecule has 2 aromatic heterocycles. The summed E-state index contributed by atoms with van der Waals surface area (Å²) in [4.78, 5) is 31.5. The minimum absolute atomic E-state index is 0.0491. The third-order valence-electron chi connectivity index (χ3n) is 5.18. The quantitative estimate of drug-likeness (QED) is 0.712. The molecule has 0 spiro atoms. The SMILES string of the molecule is O=C(NCc1cccs1)[C@@H]1CCCN(C(=O)Cc2c[nH]c3ccccc23)C1. The second-order valence-electron chi connectivity index (χ2n) is 7.01. The minimum Gasteiger partial charge on any atom is -0.361 e. The number of fused-ring (bicyclic) bond motifs is 1. The summed E-state index contributed by atoms with van der Waals surface area (Å²) in [5.74, 6) is 0.0223. The molecule has 6 heteroatoms. The summed E-state index contributed by atoms with van der Waals surface area (Å²) in [6, 6.07) is 12.0. The summed E-state index contributed by atoms with van der Waals surface area (Å²) >= 11 is 1.64. The highest BCUT2D eigenvalue weighted by Crippen LogP contribution is 2.21. The van der Waals surface area contributed by atoms with Gasteiger partial charge in [0.05, 0.1) is 18.9 Å². The molecule has 140 valence electrons. The van der Waals surface area contributed by atoms with Crippen molar-refractivity contribution in [2.75, 3.05) is 13.1 Å². The van der Waals surface area contributed by atoms with Gasteiger partial charge in [0.2, 0.25) is 11.8 Å². The van der Waals surface area contributed by atoms with E-state index < -0.39 is 0 Å².